The van der Waals surface area contributed by atoms with Crippen LogP contribution in [-0.4, -0.2) is 7.09 Å². The molecule has 0 aromatic rings. The van der Waals surface area contributed by atoms with Gasteiger partial charge in [-0.2, -0.15) is 0 Å². The molecule has 0 aliphatic heterocycles. The minimum Gasteiger partial charge on any atom is -0.316 e. The summed E-state index contributed by atoms with van der Waals surface area (Å²) in [6, 6.07) is 0. The summed E-state index contributed by atoms with van der Waals surface area (Å²) in [5, 5.41) is 0. The molecular formula is C21H40I2N2. The lowest BCUT2D eigenvalue weighted by atomic mass is 9.58. The van der Waals surface area contributed by atoms with Crippen LogP contribution in [0.1, 0.15) is 98.3 Å². The third kappa shape index (κ3) is 3.68. The van der Waals surface area contributed by atoms with Crippen molar-refractivity contribution in [3.8, 4) is 0 Å². The lowest BCUT2D eigenvalue weighted by molar-refractivity contribution is 0.0282. The number of rotatable bonds is 6. The van der Waals surface area contributed by atoms with Crippen molar-refractivity contribution in [2.75, 3.05) is 0 Å². The molecule has 0 spiro atoms. The molecule has 0 saturated heterocycles. The molecule has 0 heterocycles. The normalized spacial score (nSPS) is 40.8. The number of alkyl halides is 2. The molecule has 4 atom stereocenters. The van der Waals surface area contributed by atoms with Crippen LogP contribution < -0.4 is 11.5 Å². The van der Waals surface area contributed by atoms with E-state index in [1.54, 1.807) is 0 Å². The summed E-state index contributed by atoms with van der Waals surface area (Å²) in [4.78, 5) is 0. The SMILES string of the molecule is CCC1(CC)CCCC(CC2CCCC(CC)(CC)C2(N)I)C1(N)I. The first-order chi connectivity index (χ1) is 11.7. The Bertz CT molecular complexity index is 399. The molecule has 0 bridgehead atoms. The topological polar surface area (TPSA) is 52.0 Å². The third-order valence-corrected chi connectivity index (χ3v) is 12.6. The minimum atomic E-state index is -0.0855. The van der Waals surface area contributed by atoms with E-state index in [0.717, 1.165) is 0 Å². The molecule has 2 saturated carbocycles. The lowest BCUT2D eigenvalue weighted by Gasteiger charge is -2.57. The van der Waals surface area contributed by atoms with E-state index in [0.29, 0.717) is 22.7 Å². The first kappa shape index (κ1) is 22.7. The summed E-state index contributed by atoms with van der Waals surface area (Å²) in [5.74, 6) is 1.21. The van der Waals surface area contributed by atoms with Gasteiger partial charge in [-0.3, -0.25) is 0 Å². The van der Waals surface area contributed by atoms with Crippen LogP contribution in [0.15, 0.2) is 0 Å². The number of halogens is 2. The summed E-state index contributed by atoms with van der Waals surface area (Å²) < 4.78 is -0.171. The van der Waals surface area contributed by atoms with E-state index in [1.807, 2.05) is 0 Å². The Kier molecular flexibility index (Phi) is 7.62. The van der Waals surface area contributed by atoms with Crippen LogP contribution in [0.3, 0.4) is 0 Å². The quantitative estimate of drug-likeness (QED) is 0.209. The predicted molar refractivity (Wildman–Crippen MR) is 127 cm³/mol. The van der Waals surface area contributed by atoms with Crippen LogP contribution in [0.5, 0.6) is 0 Å². The van der Waals surface area contributed by atoms with Gasteiger partial charge in [0.25, 0.3) is 0 Å². The minimum absolute atomic E-state index is 0.0855. The molecule has 4 N–H and O–H groups in total. The first-order valence-electron chi connectivity index (χ1n) is 10.6. The van der Waals surface area contributed by atoms with E-state index >= 15 is 0 Å². The van der Waals surface area contributed by atoms with E-state index in [1.165, 1.54) is 70.6 Å². The molecule has 25 heavy (non-hydrogen) atoms. The fourth-order valence-electron chi connectivity index (χ4n) is 6.26. The molecule has 2 aliphatic rings. The second-order valence-electron chi connectivity index (χ2n) is 8.92. The molecule has 0 aromatic heterocycles. The zero-order valence-electron chi connectivity index (χ0n) is 16.8. The van der Waals surface area contributed by atoms with Crippen molar-refractivity contribution in [2.45, 2.75) is 105 Å². The molecule has 0 aromatic carbocycles. The zero-order chi connectivity index (χ0) is 18.9. The van der Waals surface area contributed by atoms with Gasteiger partial charge in [-0.15, -0.1) is 0 Å². The van der Waals surface area contributed by atoms with Crippen molar-refractivity contribution in [2.24, 2.45) is 34.1 Å². The van der Waals surface area contributed by atoms with Crippen molar-refractivity contribution in [3.63, 3.8) is 0 Å². The van der Waals surface area contributed by atoms with E-state index in [4.69, 9.17) is 11.5 Å². The highest BCUT2D eigenvalue weighted by Crippen LogP contribution is 2.59. The molecule has 0 amide bonds. The van der Waals surface area contributed by atoms with Crippen LogP contribution in [0.4, 0.5) is 0 Å². The largest absolute Gasteiger partial charge is 0.316 e. The Morgan fingerprint density at radius 3 is 1.32 bits per heavy atom. The van der Waals surface area contributed by atoms with Gasteiger partial charge in [-0.05, 0) is 80.5 Å². The van der Waals surface area contributed by atoms with Gasteiger partial charge in [-0.1, -0.05) is 85.7 Å². The Labute approximate surface area is 183 Å². The Morgan fingerprint density at radius 1 is 0.720 bits per heavy atom. The van der Waals surface area contributed by atoms with Crippen LogP contribution in [-0.2, 0) is 0 Å². The monoisotopic (exact) mass is 574 g/mol. The average molecular weight is 574 g/mol. The predicted octanol–water partition coefficient (Wildman–Crippen LogP) is 6.77. The van der Waals surface area contributed by atoms with Crippen molar-refractivity contribution >= 4 is 45.2 Å². The Balaban J connectivity index is 2.25. The molecule has 2 aliphatic carbocycles. The van der Waals surface area contributed by atoms with E-state index in [9.17, 15) is 0 Å². The number of hydrogen-bond acceptors (Lipinski definition) is 2. The van der Waals surface area contributed by atoms with Gasteiger partial charge in [0.2, 0.25) is 0 Å². The van der Waals surface area contributed by atoms with E-state index in [-0.39, 0.29) is 7.09 Å². The molecule has 0 radical (unpaired) electrons. The molecule has 4 heteroatoms. The maximum absolute atomic E-state index is 7.10. The Morgan fingerprint density at radius 2 is 1.04 bits per heavy atom. The fourth-order valence-corrected chi connectivity index (χ4v) is 9.45. The van der Waals surface area contributed by atoms with Crippen molar-refractivity contribution < 1.29 is 0 Å². The van der Waals surface area contributed by atoms with Gasteiger partial charge in [0.1, 0.15) is 0 Å². The summed E-state index contributed by atoms with van der Waals surface area (Å²) in [6.45, 7) is 9.38. The molecule has 148 valence electrons. The maximum atomic E-state index is 7.10. The van der Waals surface area contributed by atoms with Crippen LogP contribution in [0.25, 0.3) is 0 Å². The van der Waals surface area contributed by atoms with Crippen LogP contribution in [0, 0.1) is 22.7 Å². The number of nitrogens with two attached hydrogens (primary N) is 2. The van der Waals surface area contributed by atoms with Gasteiger partial charge in [0.15, 0.2) is 0 Å². The van der Waals surface area contributed by atoms with E-state index < -0.39 is 0 Å². The number of hydrogen-bond donors (Lipinski definition) is 2. The highest BCUT2D eigenvalue weighted by atomic mass is 127. The van der Waals surface area contributed by atoms with E-state index in [2.05, 4.69) is 72.9 Å². The third-order valence-electron chi connectivity index (χ3n) is 8.51. The second kappa shape index (κ2) is 8.40. The van der Waals surface area contributed by atoms with Gasteiger partial charge in [0.05, 0.1) is 7.09 Å². The van der Waals surface area contributed by atoms with Crippen molar-refractivity contribution in [3.05, 3.63) is 0 Å². The standard InChI is InChI=1S/C21H40I2N2/c1-5-18(6-2)13-9-11-16(20(18,22)24)15-17-12-10-14-19(7-3,8-4)21(17,23)25/h16-17H,5-15,24-25H2,1-4H3. The molecule has 2 rings (SSSR count). The zero-order valence-corrected chi connectivity index (χ0v) is 21.2. The van der Waals surface area contributed by atoms with Gasteiger partial charge < -0.3 is 11.5 Å². The van der Waals surface area contributed by atoms with Crippen LogP contribution >= 0.6 is 45.2 Å². The maximum Gasteiger partial charge on any atom is 0.0765 e. The first-order valence-corrected chi connectivity index (χ1v) is 12.8. The van der Waals surface area contributed by atoms with Gasteiger partial charge in [0, 0.05) is 0 Å². The molecular weight excluding hydrogens is 534 g/mol. The average Bonchev–Trinajstić information content (AvgIpc) is 2.58. The molecule has 2 nitrogen and oxygen atoms in total. The molecule has 2 fully saturated rings. The van der Waals surface area contributed by atoms with Crippen molar-refractivity contribution in [1.29, 1.82) is 0 Å². The Hall–Kier alpha value is 1.38. The second-order valence-corrected chi connectivity index (χ2v) is 12.5. The van der Waals surface area contributed by atoms with Crippen molar-refractivity contribution in [1.82, 2.24) is 0 Å². The molecule has 4 unspecified atom stereocenters. The summed E-state index contributed by atoms with van der Waals surface area (Å²) in [6.07, 6.45) is 13.9. The van der Waals surface area contributed by atoms with Gasteiger partial charge >= 0.3 is 0 Å². The summed E-state index contributed by atoms with van der Waals surface area (Å²) in [7, 11) is 0. The smallest absolute Gasteiger partial charge is 0.0765 e. The fraction of sp³-hybridized carbons (Fsp3) is 1.00. The summed E-state index contributed by atoms with van der Waals surface area (Å²) in [5.41, 5.74) is 14.8. The highest BCUT2D eigenvalue weighted by Gasteiger charge is 2.56. The summed E-state index contributed by atoms with van der Waals surface area (Å²) >= 11 is 5.28. The van der Waals surface area contributed by atoms with Crippen LogP contribution in [0.2, 0.25) is 0 Å². The highest BCUT2D eigenvalue weighted by molar-refractivity contribution is 14.1. The van der Waals surface area contributed by atoms with Gasteiger partial charge in [-0.25, -0.2) is 0 Å². The lowest BCUT2D eigenvalue weighted by Crippen LogP contribution is -2.61.